The summed E-state index contributed by atoms with van der Waals surface area (Å²) in [6, 6.07) is 14.7. The van der Waals surface area contributed by atoms with Crippen LogP contribution >= 0.6 is 11.8 Å². The van der Waals surface area contributed by atoms with Crippen molar-refractivity contribution in [2.75, 3.05) is 0 Å². The SMILES string of the molecule is O=S(=O)(N[C@@H]1CCCC[C@@H]1Sc1ccc(F)cc1)c1ccccc1. The summed E-state index contributed by atoms with van der Waals surface area (Å²) in [6.07, 6.45) is 3.87. The van der Waals surface area contributed by atoms with Crippen molar-refractivity contribution in [1.29, 1.82) is 0 Å². The van der Waals surface area contributed by atoms with Gasteiger partial charge in [-0.2, -0.15) is 0 Å². The number of hydrogen-bond donors (Lipinski definition) is 1. The van der Waals surface area contributed by atoms with E-state index in [2.05, 4.69) is 4.72 Å². The summed E-state index contributed by atoms with van der Waals surface area (Å²) in [5.74, 6) is -0.260. The third-order valence-corrected chi connectivity index (χ3v) is 7.08. The second-order valence-corrected chi connectivity index (χ2v) is 8.96. The maximum Gasteiger partial charge on any atom is 0.240 e. The van der Waals surface area contributed by atoms with Crippen molar-refractivity contribution in [3.05, 3.63) is 60.4 Å². The van der Waals surface area contributed by atoms with E-state index in [1.54, 1.807) is 54.2 Å². The molecule has 0 bridgehead atoms. The predicted octanol–water partition coefficient (Wildman–Crippen LogP) is 4.21. The highest BCUT2D eigenvalue weighted by Crippen LogP contribution is 2.34. The minimum atomic E-state index is -3.52. The summed E-state index contributed by atoms with van der Waals surface area (Å²) in [6.45, 7) is 0. The molecule has 128 valence electrons. The molecule has 2 aromatic carbocycles. The van der Waals surface area contributed by atoms with Crippen molar-refractivity contribution in [3.63, 3.8) is 0 Å². The highest BCUT2D eigenvalue weighted by molar-refractivity contribution is 8.00. The monoisotopic (exact) mass is 365 g/mol. The van der Waals surface area contributed by atoms with Gasteiger partial charge in [0.25, 0.3) is 0 Å². The zero-order valence-electron chi connectivity index (χ0n) is 13.2. The fraction of sp³-hybridized carbons (Fsp3) is 0.333. The maximum atomic E-state index is 13.1. The van der Waals surface area contributed by atoms with E-state index >= 15 is 0 Å². The lowest BCUT2D eigenvalue weighted by Gasteiger charge is -2.31. The molecule has 3 rings (SSSR count). The van der Waals surface area contributed by atoms with Crippen LogP contribution in [0.5, 0.6) is 0 Å². The fourth-order valence-electron chi connectivity index (χ4n) is 2.93. The minimum absolute atomic E-state index is 0.112. The van der Waals surface area contributed by atoms with Crippen LogP contribution in [-0.2, 0) is 10.0 Å². The van der Waals surface area contributed by atoms with Crippen molar-refractivity contribution in [2.45, 2.75) is 46.8 Å². The molecule has 1 aliphatic carbocycles. The van der Waals surface area contributed by atoms with Gasteiger partial charge in [-0.3, -0.25) is 0 Å². The summed E-state index contributed by atoms with van der Waals surface area (Å²) in [5, 5.41) is 0.155. The van der Waals surface area contributed by atoms with Gasteiger partial charge in [-0.15, -0.1) is 11.8 Å². The number of sulfonamides is 1. The van der Waals surface area contributed by atoms with Crippen LogP contribution in [0.15, 0.2) is 64.4 Å². The molecule has 6 heteroatoms. The van der Waals surface area contributed by atoms with Gasteiger partial charge < -0.3 is 0 Å². The Labute approximate surface area is 146 Å². The first-order valence-corrected chi connectivity index (χ1v) is 10.4. The zero-order valence-corrected chi connectivity index (χ0v) is 14.8. The van der Waals surface area contributed by atoms with E-state index in [0.29, 0.717) is 4.90 Å². The van der Waals surface area contributed by atoms with E-state index in [1.165, 1.54) is 12.1 Å². The molecule has 0 radical (unpaired) electrons. The Morgan fingerprint density at radius 3 is 2.33 bits per heavy atom. The molecule has 0 unspecified atom stereocenters. The van der Waals surface area contributed by atoms with Crippen molar-refractivity contribution >= 4 is 21.8 Å². The van der Waals surface area contributed by atoms with Gasteiger partial charge in [-0.25, -0.2) is 17.5 Å². The van der Waals surface area contributed by atoms with Crippen LogP contribution in [-0.4, -0.2) is 19.7 Å². The van der Waals surface area contributed by atoms with Gasteiger partial charge >= 0.3 is 0 Å². The zero-order chi connectivity index (χ0) is 17.0. The minimum Gasteiger partial charge on any atom is -0.207 e. The van der Waals surface area contributed by atoms with E-state index in [1.807, 2.05) is 0 Å². The Morgan fingerprint density at radius 2 is 1.62 bits per heavy atom. The first-order valence-electron chi connectivity index (χ1n) is 8.04. The molecule has 2 aromatic rings. The number of thioether (sulfide) groups is 1. The van der Waals surface area contributed by atoms with Gasteiger partial charge in [0.2, 0.25) is 10.0 Å². The molecule has 0 saturated heterocycles. The lowest BCUT2D eigenvalue weighted by molar-refractivity contribution is 0.423. The van der Waals surface area contributed by atoms with Crippen LogP contribution in [0.2, 0.25) is 0 Å². The molecule has 1 N–H and O–H groups in total. The van der Waals surface area contributed by atoms with Crippen molar-refractivity contribution in [3.8, 4) is 0 Å². The molecule has 0 aliphatic heterocycles. The smallest absolute Gasteiger partial charge is 0.207 e. The topological polar surface area (TPSA) is 46.2 Å². The van der Waals surface area contributed by atoms with Gasteiger partial charge in [-0.1, -0.05) is 31.0 Å². The molecule has 2 atom stereocenters. The van der Waals surface area contributed by atoms with E-state index in [0.717, 1.165) is 30.6 Å². The molecule has 0 heterocycles. The molecule has 24 heavy (non-hydrogen) atoms. The van der Waals surface area contributed by atoms with Crippen LogP contribution in [0.25, 0.3) is 0 Å². The molecular formula is C18H20FNO2S2. The van der Waals surface area contributed by atoms with Crippen LogP contribution in [0.1, 0.15) is 25.7 Å². The summed E-state index contributed by atoms with van der Waals surface area (Å²) in [5.41, 5.74) is 0. The van der Waals surface area contributed by atoms with Gasteiger partial charge in [0.15, 0.2) is 0 Å². The number of hydrogen-bond acceptors (Lipinski definition) is 3. The Hall–Kier alpha value is -1.37. The van der Waals surface area contributed by atoms with Gasteiger partial charge in [-0.05, 0) is 49.2 Å². The van der Waals surface area contributed by atoms with Gasteiger partial charge in [0, 0.05) is 16.2 Å². The van der Waals surface area contributed by atoms with E-state index < -0.39 is 10.0 Å². The number of rotatable bonds is 5. The Morgan fingerprint density at radius 1 is 0.958 bits per heavy atom. The molecule has 1 aliphatic rings. The average Bonchev–Trinajstić information content (AvgIpc) is 2.59. The highest BCUT2D eigenvalue weighted by atomic mass is 32.2. The maximum absolute atomic E-state index is 13.1. The molecule has 0 spiro atoms. The summed E-state index contributed by atoms with van der Waals surface area (Å²) >= 11 is 1.62. The second-order valence-electron chi connectivity index (χ2n) is 5.94. The number of nitrogens with one attached hydrogen (secondary N) is 1. The average molecular weight is 365 g/mol. The third-order valence-electron chi connectivity index (χ3n) is 4.16. The summed E-state index contributed by atoms with van der Waals surface area (Å²) in [7, 11) is -3.52. The summed E-state index contributed by atoms with van der Waals surface area (Å²) < 4.78 is 41.1. The highest BCUT2D eigenvalue weighted by Gasteiger charge is 2.30. The normalized spacial score (nSPS) is 21.5. The van der Waals surface area contributed by atoms with Gasteiger partial charge in [0.1, 0.15) is 5.82 Å². The van der Waals surface area contributed by atoms with Crippen LogP contribution in [0, 0.1) is 5.82 Å². The van der Waals surface area contributed by atoms with Crippen LogP contribution in [0.3, 0.4) is 0 Å². The second kappa shape index (κ2) is 7.68. The van der Waals surface area contributed by atoms with E-state index in [4.69, 9.17) is 0 Å². The first-order chi connectivity index (χ1) is 11.5. The summed E-state index contributed by atoms with van der Waals surface area (Å²) in [4.78, 5) is 1.26. The molecule has 1 fully saturated rings. The van der Waals surface area contributed by atoms with Crippen molar-refractivity contribution < 1.29 is 12.8 Å². The Bertz CT molecular complexity index is 763. The predicted molar refractivity (Wildman–Crippen MR) is 95.1 cm³/mol. The van der Waals surface area contributed by atoms with Crippen LogP contribution < -0.4 is 4.72 Å². The lowest BCUT2D eigenvalue weighted by atomic mass is 9.96. The Balaban J connectivity index is 1.74. The van der Waals surface area contributed by atoms with Crippen molar-refractivity contribution in [1.82, 2.24) is 4.72 Å². The largest absolute Gasteiger partial charge is 0.240 e. The quantitative estimate of drug-likeness (QED) is 0.863. The molecule has 3 nitrogen and oxygen atoms in total. The first kappa shape index (κ1) is 17.5. The Kier molecular flexibility index (Phi) is 5.58. The molecule has 0 amide bonds. The third kappa shape index (κ3) is 4.37. The van der Waals surface area contributed by atoms with E-state index in [-0.39, 0.29) is 17.1 Å². The van der Waals surface area contributed by atoms with Crippen LogP contribution in [0.4, 0.5) is 4.39 Å². The lowest BCUT2D eigenvalue weighted by Crippen LogP contribution is -2.43. The van der Waals surface area contributed by atoms with Crippen molar-refractivity contribution in [2.24, 2.45) is 0 Å². The number of benzene rings is 2. The van der Waals surface area contributed by atoms with E-state index in [9.17, 15) is 12.8 Å². The molecular weight excluding hydrogens is 345 g/mol. The molecule has 0 aromatic heterocycles. The molecule has 1 saturated carbocycles. The number of halogens is 1. The fourth-order valence-corrected chi connectivity index (χ4v) is 5.64. The standard InChI is InChI=1S/C18H20FNO2S2/c19-14-10-12-15(13-11-14)23-18-9-5-4-8-17(18)20-24(21,22)16-6-2-1-3-7-16/h1-3,6-7,10-13,17-18,20H,4-5,8-9H2/t17-,18+/m1/s1. The van der Waals surface area contributed by atoms with Gasteiger partial charge in [0.05, 0.1) is 4.90 Å².